The standard InChI is InChI=1S/C13H12BrNOS/c1-16-11-4-2-3-5-13(11)17-12-7-6-9(14)8-10(12)15/h2-8H,15H2,1H3. The third-order valence-corrected chi connectivity index (χ3v) is 3.90. The average molecular weight is 310 g/mol. The lowest BCUT2D eigenvalue weighted by atomic mass is 10.3. The van der Waals surface area contributed by atoms with Gasteiger partial charge < -0.3 is 10.5 Å². The molecule has 4 heteroatoms. The molecular weight excluding hydrogens is 298 g/mol. The number of halogens is 1. The quantitative estimate of drug-likeness (QED) is 0.863. The number of nitrogens with two attached hydrogens (primary N) is 1. The van der Waals surface area contributed by atoms with Crippen LogP contribution in [0.2, 0.25) is 0 Å². The van der Waals surface area contributed by atoms with E-state index >= 15 is 0 Å². The Kier molecular flexibility index (Phi) is 3.97. The maximum atomic E-state index is 5.97. The van der Waals surface area contributed by atoms with Crippen LogP contribution in [0, 0.1) is 0 Å². The van der Waals surface area contributed by atoms with Gasteiger partial charge in [0.1, 0.15) is 5.75 Å². The van der Waals surface area contributed by atoms with E-state index in [4.69, 9.17) is 10.5 Å². The molecule has 2 N–H and O–H groups in total. The number of hydrogen-bond donors (Lipinski definition) is 1. The Morgan fingerprint density at radius 1 is 1.12 bits per heavy atom. The number of methoxy groups -OCH3 is 1. The second-order valence-electron chi connectivity index (χ2n) is 3.44. The van der Waals surface area contributed by atoms with E-state index in [0.29, 0.717) is 0 Å². The lowest BCUT2D eigenvalue weighted by Gasteiger charge is -2.09. The van der Waals surface area contributed by atoms with E-state index in [9.17, 15) is 0 Å². The fourth-order valence-electron chi connectivity index (χ4n) is 1.43. The maximum absolute atomic E-state index is 5.97. The van der Waals surface area contributed by atoms with Crippen LogP contribution in [-0.2, 0) is 0 Å². The van der Waals surface area contributed by atoms with Crippen molar-refractivity contribution in [3.63, 3.8) is 0 Å². The van der Waals surface area contributed by atoms with Crippen LogP contribution in [0.3, 0.4) is 0 Å². The lowest BCUT2D eigenvalue weighted by Crippen LogP contribution is -1.89. The predicted molar refractivity (Wildman–Crippen MR) is 75.7 cm³/mol. The maximum Gasteiger partial charge on any atom is 0.132 e. The first-order chi connectivity index (χ1) is 8.20. The zero-order chi connectivity index (χ0) is 12.3. The van der Waals surface area contributed by atoms with E-state index in [0.717, 1.165) is 25.7 Å². The first-order valence-electron chi connectivity index (χ1n) is 5.06. The molecule has 0 aliphatic heterocycles. The second kappa shape index (κ2) is 5.47. The molecule has 0 bridgehead atoms. The van der Waals surface area contributed by atoms with Gasteiger partial charge in [0.2, 0.25) is 0 Å². The molecular formula is C13H12BrNOS. The molecule has 2 aromatic carbocycles. The van der Waals surface area contributed by atoms with E-state index < -0.39 is 0 Å². The van der Waals surface area contributed by atoms with Gasteiger partial charge in [0.05, 0.1) is 12.0 Å². The molecule has 0 aromatic heterocycles. The molecule has 0 fully saturated rings. The van der Waals surface area contributed by atoms with E-state index in [-0.39, 0.29) is 0 Å². The molecule has 0 saturated carbocycles. The largest absolute Gasteiger partial charge is 0.496 e. The number of benzene rings is 2. The molecule has 17 heavy (non-hydrogen) atoms. The summed E-state index contributed by atoms with van der Waals surface area (Å²) in [6.07, 6.45) is 0. The van der Waals surface area contributed by atoms with Crippen LogP contribution in [0.4, 0.5) is 5.69 Å². The highest BCUT2D eigenvalue weighted by atomic mass is 79.9. The fourth-order valence-corrected chi connectivity index (χ4v) is 2.76. The molecule has 0 radical (unpaired) electrons. The number of rotatable bonds is 3. The first kappa shape index (κ1) is 12.3. The summed E-state index contributed by atoms with van der Waals surface area (Å²) in [5.41, 5.74) is 6.73. The Morgan fingerprint density at radius 3 is 2.59 bits per heavy atom. The summed E-state index contributed by atoms with van der Waals surface area (Å²) >= 11 is 5.00. The van der Waals surface area contributed by atoms with Crippen LogP contribution < -0.4 is 10.5 Å². The van der Waals surface area contributed by atoms with Crippen molar-refractivity contribution < 1.29 is 4.74 Å². The van der Waals surface area contributed by atoms with Crippen LogP contribution in [0.25, 0.3) is 0 Å². The van der Waals surface area contributed by atoms with Gasteiger partial charge in [-0.1, -0.05) is 39.8 Å². The Balaban J connectivity index is 2.31. The van der Waals surface area contributed by atoms with Gasteiger partial charge in [-0.25, -0.2) is 0 Å². The third kappa shape index (κ3) is 2.96. The van der Waals surface area contributed by atoms with Crippen LogP contribution in [0.1, 0.15) is 0 Å². The zero-order valence-corrected chi connectivity index (χ0v) is 11.7. The number of ether oxygens (including phenoxy) is 1. The van der Waals surface area contributed by atoms with Gasteiger partial charge in [0.15, 0.2) is 0 Å². The third-order valence-electron chi connectivity index (χ3n) is 2.26. The molecule has 0 spiro atoms. The van der Waals surface area contributed by atoms with Gasteiger partial charge in [0, 0.05) is 15.1 Å². The van der Waals surface area contributed by atoms with E-state index in [1.54, 1.807) is 18.9 Å². The molecule has 2 aromatic rings. The molecule has 0 saturated heterocycles. The Morgan fingerprint density at radius 2 is 1.88 bits per heavy atom. The summed E-state index contributed by atoms with van der Waals surface area (Å²) in [6.45, 7) is 0. The van der Waals surface area contributed by atoms with Crippen molar-refractivity contribution in [2.75, 3.05) is 12.8 Å². The fraction of sp³-hybridized carbons (Fsp3) is 0.0769. The van der Waals surface area contributed by atoms with Crippen LogP contribution in [0.5, 0.6) is 5.75 Å². The molecule has 0 heterocycles. The van der Waals surface area contributed by atoms with Crippen molar-refractivity contribution in [3.05, 3.63) is 46.9 Å². The van der Waals surface area contributed by atoms with Crippen LogP contribution in [0.15, 0.2) is 56.7 Å². The summed E-state index contributed by atoms with van der Waals surface area (Å²) in [7, 11) is 1.67. The van der Waals surface area contributed by atoms with Crippen molar-refractivity contribution in [2.24, 2.45) is 0 Å². The zero-order valence-electron chi connectivity index (χ0n) is 9.31. The first-order valence-corrected chi connectivity index (χ1v) is 6.67. The minimum Gasteiger partial charge on any atom is -0.496 e. The molecule has 0 aliphatic rings. The minimum absolute atomic E-state index is 0.760. The van der Waals surface area contributed by atoms with E-state index in [2.05, 4.69) is 15.9 Å². The van der Waals surface area contributed by atoms with Crippen molar-refractivity contribution in [1.29, 1.82) is 0 Å². The summed E-state index contributed by atoms with van der Waals surface area (Å²) in [5.74, 6) is 0.861. The highest BCUT2D eigenvalue weighted by Gasteiger charge is 2.06. The molecule has 2 rings (SSSR count). The van der Waals surface area contributed by atoms with Gasteiger partial charge in [-0.05, 0) is 30.3 Å². The topological polar surface area (TPSA) is 35.2 Å². The Hall–Kier alpha value is -1.13. The Bertz CT molecular complexity index is 531. The molecule has 0 amide bonds. The van der Waals surface area contributed by atoms with Crippen molar-refractivity contribution in [3.8, 4) is 5.75 Å². The summed E-state index contributed by atoms with van der Waals surface area (Å²) in [6, 6.07) is 13.8. The molecule has 0 atom stereocenters. The number of hydrogen-bond acceptors (Lipinski definition) is 3. The number of para-hydroxylation sites is 1. The highest BCUT2D eigenvalue weighted by molar-refractivity contribution is 9.10. The van der Waals surface area contributed by atoms with Crippen LogP contribution >= 0.6 is 27.7 Å². The number of anilines is 1. The molecule has 0 unspecified atom stereocenters. The second-order valence-corrected chi connectivity index (χ2v) is 5.43. The van der Waals surface area contributed by atoms with Crippen molar-refractivity contribution in [1.82, 2.24) is 0 Å². The van der Waals surface area contributed by atoms with Crippen molar-refractivity contribution >= 4 is 33.4 Å². The SMILES string of the molecule is COc1ccccc1Sc1ccc(Br)cc1N. The Labute approximate surface area is 113 Å². The van der Waals surface area contributed by atoms with Gasteiger partial charge >= 0.3 is 0 Å². The van der Waals surface area contributed by atoms with E-state index in [1.165, 1.54) is 0 Å². The predicted octanol–water partition coefficient (Wildman–Crippen LogP) is 4.19. The number of nitrogen functional groups attached to an aromatic ring is 1. The summed E-state index contributed by atoms with van der Waals surface area (Å²) in [5, 5.41) is 0. The van der Waals surface area contributed by atoms with Crippen molar-refractivity contribution in [2.45, 2.75) is 9.79 Å². The highest BCUT2D eigenvalue weighted by Crippen LogP contribution is 2.38. The minimum atomic E-state index is 0.760. The van der Waals surface area contributed by atoms with Gasteiger partial charge in [-0.15, -0.1) is 0 Å². The summed E-state index contributed by atoms with van der Waals surface area (Å²) < 4.78 is 6.30. The monoisotopic (exact) mass is 309 g/mol. The lowest BCUT2D eigenvalue weighted by molar-refractivity contribution is 0.405. The molecule has 2 nitrogen and oxygen atoms in total. The van der Waals surface area contributed by atoms with Gasteiger partial charge in [0.25, 0.3) is 0 Å². The molecule has 0 aliphatic carbocycles. The summed E-state index contributed by atoms with van der Waals surface area (Å²) in [4.78, 5) is 2.08. The molecule has 88 valence electrons. The van der Waals surface area contributed by atoms with Crippen LogP contribution in [-0.4, -0.2) is 7.11 Å². The van der Waals surface area contributed by atoms with E-state index in [1.807, 2.05) is 42.5 Å². The average Bonchev–Trinajstić information content (AvgIpc) is 2.33. The van der Waals surface area contributed by atoms with Gasteiger partial charge in [-0.2, -0.15) is 0 Å². The van der Waals surface area contributed by atoms with Gasteiger partial charge in [-0.3, -0.25) is 0 Å². The smallest absolute Gasteiger partial charge is 0.132 e. The normalized spacial score (nSPS) is 10.2.